The molecule has 0 bridgehead atoms. The van der Waals surface area contributed by atoms with Gasteiger partial charge in [0.1, 0.15) is 18.3 Å². The third kappa shape index (κ3) is 6.99. The Labute approximate surface area is 136 Å². The van der Waals surface area contributed by atoms with Crippen LogP contribution in [-0.4, -0.2) is 46.6 Å². The number of ether oxygens (including phenoxy) is 1. The first-order chi connectivity index (χ1) is 10.5. The molecule has 7 heteroatoms. The lowest BCUT2D eigenvalue weighted by molar-refractivity contribution is -0.148. The van der Waals surface area contributed by atoms with Crippen molar-refractivity contribution in [1.29, 1.82) is 0 Å². The lowest BCUT2D eigenvalue weighted by Crippen LogP contribution is -2.54. The van der Waals surface area contributed by atoms with Crippen LogP contribution in [0.2, 0.25) is 0 Å². The second-order valence-corrected chi connectivity index (χ2v) is 7.36. The molecule has 1 aliphatic carbocycles. The van der Waals surface area contributed by atoms with E-state index in [1.54, 1.807) is 20.8 Å². The Hall–Kier alpha value is -0.950. The van der Waals surface area contributed by atoms with Crippen molar-refractivity contribution in [3.05, 3.63) is 0 Å². The molecule has 1 amide bonds. The number of aliphatic hydroxyl groups excluding tert-OH is 2. The summed E-state index contributed by atoms with van der Waals surface area (Å²) in [7, 11) is 0. The Balaban J connectivity index is 2.76. The zero-order valence-corrected chi connectivity index (χ0v) is 14.1. The monoisotopic (exact) mass is 337 g/mol. The smallest absolute Gasteiger partial charge is 0.407 e. The summed E-state index contributed by atoms with van der Waals surface area (Å²) < 4.78 is 32.4. The molecule has 2 atom stereocenters. The Morgan fingerprint density at radius 1 is 1.26 bits per heavy atom. The van der Waals surface area contributed by atoms with Crippen molar-refractivity contribution in [2.75, 3.05) is 6.61 Å². The fourth-order valence-electron chi connectivity index (χ4n) is 2.90. The minimum atomic E-state index is -3.67. The van der Waals surface area contributed by atoms with Crippen LogP contribution in [-0.2, 0) is 4.74 Å². The molecule has 3 N–H and O–H groups in total. The van der Waals surface area contributed by atoms with E-state index < -0.39 is 36.4 Å². The second kappa shape index (κ2) is 8.24. The van der Waals surface area contributed by atoms with Crippen molar-refractivity contribution in [2.45, 2.75) is 83.0 Å². The molecule has 0 aliphatic heterocycles. The minimum Gasteiger partial charge on any atom is -0.444 e. The molecule has 0 saturated heterocycles. The maximum atomic E-state index is 13.6. The molecule has 1 fully saturated rings. The summed E-state index contributed by atoms with van der Waals surface area (Å²) >= 11 is 0. The van der Waals surface area contributed by atoms with E-state index in [1.165, 1.54) is 0 Å². The fourth-order valence-corrected chi connectivity index (χ4v) is 2.90. The summed E-state index contributed by atoms with van der Waals surface area (Å²) in [6, 6.07) is -1.16. The van der Waals surface area contributed by atoms with Crippen LogP contribution < -0.4 is 5.32 Å². The van der Waals surface area contributed by atoms with Gasteiger partial charge < -0.3 is 20.3 Å². The summed E-state index contributed by atoms with van der Waals surface area (Å²) in [5, 5.41) is 21.1. The number of nitrogens with one attached hydrogen (secondary N) is 1. The number of alkyl halides is 2. The van der Waals surface area contributed by atoms with E-state index in [-0.39, 0.29) is 12.3 Å². The number of halogens is 2. The summed E-state index contributed by atoms with van der Waals surface area (Å²) in [4.78, 5) is 11.9. The molecule has 0 aromatic heterocycles. The van der Waals surface area contributed by atoms with E-state index in [9.17, 15) is 18.7 Å². The zero-order valence-electron chi connectivity index (χ0n) is 14.1. The highest BCUT2D eigenvalue weighted by Crippen LogP contribution is 2.31. The molecular formula is C16H29F2NO4. The van der Waals surface area contributed by atoms with Crippen molar-refractivity contribution in [2.24, 2.45) is 5.92 Å². The molecule has 1 rings (SSSR count). The molecule has 0 heterocycles. The lowest BCUT2D eigenvalue weighted by atomic mass is 9.83. The van der Waals surface area contributed by atoms with E-state index in [0.29, 0.717) is 0 Å². The van der Waals surface area contributed by atoms with Crippen LogP contribution in [0.25, 0.3) is 0 Å². The van der Waals surface area contributed by atoms with Crippen molar-refractivity contribution in [3.63, 3.8) is 0 Å². The van der Waals surface area contributed by atoms with Crippen LogP contribution >= 0.6 is 0 Å². The predicted molar refractivity (Wildman–Crippen MR) is 82.4 cm³/mol. The van der Waals surface area contributed by atoms with Crippen LogP contribution in [0.5, 0.6) is 0 Å². The first-order valence-corrected chi connectivity index (χ1v) is 8.21. The summed E-state index contributed by atoms with van der Waals surface area (Å²) in [5.41, 5.74) is -0.760. The van der Waals surface area contributed by atoms with Gasteiger partial charge in [0.05, 0.1) is 6.04 Å². The normalized spacial score (nSPS) is 20.0. The average Bonchev–Trinajstić information content (AvgIpc) is 2.45. The number of alkyl carbamates (subject to hydrolysis) is 1. The van der Waals surface area contributed by atoms with Crippen LogP contribution in [0.15, 0.2) is 0 Å². The van der Waals surface area contributed by atoms with Gasteiger partial charge in [-0.25, -0.2) is 13.6 Å². The molecule has 0 aromatic carbocycles. The van der Waals surface area contributed by atoms with Gasteiger partial charge in [0.2, 0.25) is 0 Å². The average molecular weight is 337 g/mol. The van der Waals surface area contributed by atoms with Gasteiger partial charge in [0.25, 0.3) is 5.92 Å². The number of rotatable bonds is 6. The highest BCUT2D eigenvalue weighted by molar-refractivity contribution is 5.68. The van der Waals surface area contributed by atoms with Gasteiger partial charge in [-0.15, -0.1) is 0 Å². The quantitative estimate of drug-likeness (QED) is 0.696. The molecule has 5 nitrogen and oxygen atoms in total. The van der Waals surface area contributed by atoms with Crippen LogP contribution in [0.4, 0.5) is 13.6 Å². The van der Waals surface area contributed by atoms with Gasteiger partial charge in [-0.1, -0.05) is 32.1 Å². The standard InChI is InChI=1S/C16H29F2NO4/c1-15(2,3)23-14(22)19-12(13(21)16(17,18)10-20)9-11-7-5-4-6-8-11/h11-13,20-21H,4-10H2,1-3H3,(H,19,22)/t12-,13+/m0/s1. The predicted octanol–water partition coefficient (Wildman–Crippen LogP) is 2.84. The molecule has 1 aliphatic rings. The minimum absolute atomic E-state index is 0.174. The van der Waals surface area contributed by atoms with Gasteiger partial charge in [-0.3, -0.25) is 0 Å². The third-order valence-electron chi connectivity index (χ3n) is 4.04. The summed E-state index contributed by atoms with van der Waals surface area (Å²) in [6.45, 7) is 3.54. The maximum absolute atomic E-state index is 13.6. The van der Waals surface area contributed by atoms with E-state index in [1.807, 2.05) is 0 Å². The van der Waals surface area contributed by atoms with Crippen molar-refractivity contribution >= 4 is 6.09 Å². The Bertz CT molecular complexity index is 379. The molecule has 0 aromatic rings. The fraction of sp³-hybridized carbons (Fsp3) is 0.938. The highest BCUT2D eigenvalue weighted by atomic mass is 19.3. The van der Waals surface area contributed by atoms with Crippen molar-refractivity contribution < 1.29 is 28.5 Å². The Kier molecular flexibility index (Phi) is 7.20. The van der Waals surface area contributed by atoms with E-state index in [4.69, 9.17) is 9.84 Å². The topological polar surface area (TPSA) is 78.8 Å². The van der Waals surface area contributed by atoms with Gasteiger partial charge in [-0.05, 0) is 33.1 Å². The summed E-state index contributed by atoms with van der Waals surface area (Å²) in [6.07, 6.45) is 2.21. The van der Waals surface area contributed by atoms with E-state index in [2.05, 4.69) is 5.32 Å². The van der Waals surface area contributed by atoms with Gasteiger partial charge in [-0.2, -0.15) is 0 Å². The first-order valence-electron chi connectivity index (χ1n) is 8.21. The molecule has 0 radical (unpaired) electrons. The number of amides is 1. The summed E-state index contributed by atoms with van der Waals surface area (Å²) in [5.74, 6) is -3.50. The molecule has 0 spiro atoms. The van der Waals surface area contributed by atoms with E-state index >= 15 is 0 Å². The highest BCUT2D eigenvalue weighted by Gasteiger charge is 2.44. The third-order valence-corrected chi connectivity index (χ3v) is 4.04. The maximum Gasteiger partial charge on any atom is 0.407 e. The molecule has 23 heavy (non-hydrogen) atoms. The zero-order chi connectivity index (χ0) is 17.7. The van der Waals surface area contributed by atoms with Crippen LogP contribution in [0.1, 0.15) is 59.3 Å². The molecular weight excluding hydrogens is 308 g/mol. The number of carbonyl (C=O) groups excluding carboxylic acids is 1. The number of carbonyl (C=O) groups is 1. The first kappa shape index (κ1) is 20.1. The molecule has 1 saturated carbocycles. The number of hydrogen-bond donors (Lipinski definition) is 3. The van der Waals surface area contributed by atoms with Gasteiger partial charge in [0, 0.05) is 0 Å². The second-order valence-electron chi connectivity index (χ2n) is 7.36. The van der Waals surface area contributed by atoms with Gasteiger partial charge >= 0.3 is 6.09 Å². The van der Waals surface area contributed by atoms with Crippen molar-refractivity contribution in [1.82, 2.24) is 5.32 Å². The van der Waals surface area contributed by atoms with E-state index in [0.717, 1.165) is 32.1 Å². The Morgan fingerprint density at radius 2 is 1.83 bits per heavy atom. The van der Waals surface area contributed by atoms with Crippen LogP contribution in [0, 0.1) is 5.92 Å². The van der Waals surface area contributed by atoms with Crippen molar-refractivity contribution in [3.8, 4) is 0 Å². The number of aliphatic hydroxyl groups is 2. The number of hydrogen-bond acceptors (Lipinski definition) is 4. The van der Waals surface area contributed by atoms with Crippen LogP contribution in [0.3, 0.4) is 0 Å². The SMILES string of the molecule is CC(C)(C)OC(=O)N[C@@H](CC1CCCCC1)[C@@H](O)C(F)(F)CO. The molecule has 0 unspecified atom stereocenters. The Morgan fingerprint density at radius 3 is 2.30 bits per heavy atom. The van der Waals surface area contributed by atoms with Gasteiger partial charge in [0.15, 0.2) is 0 Å². The molecule has 136 valence electrons. The largest absolute Gasteiger partial charge is 0.444 e. The lowest BCUT2D eigenvalue weighted by Gasteiger charge is -2.33.